The van der Waals surface area contributed by atoms with Crippen LogP contribution in [-0.2, 0) is 9.53 Å². The zero-order chi connectivity index (χ0) is 11.0. The summed E-state index contributed by atoms with van der Waals surface area (Å²) in [4.78, 5) is 13.5. The van der Waals surface area contributed by atoms with E-state index in [-0.39, 0.29) is 6.54 Å². The quantitative estimate of drug-likeness (QED) is 0.221. The highest BCUT2D eigenvalue weighted by molar-refractivity contribution is 6.15. The van der Waals surface area contributed by atoms with Crippen molar-refractivity contribution in [3.05, 3.63) is 0 Å². The third kappa shape index (κ3) is 3.67. The zero-order valence-corrected chi connectivity index (χ0v) is 8.71. The van der Waals surface area contributed by atoms with Gasteiger partial charge < -0.3 is 4.74 Å². The van der Waals surface area contributed by atoms with Crippen molar-refractivity contribution in [1.29, 1.82) is 0 Å². The average Bonchev–Trinajstić information content (AvgIpc) is 2.22. The number of carbonyl (C=O) groups excluding carboxylic acids is 1. The normalized spacial score (nSPS) is 14.8. The van der Waals surface area contributed by atoms with E-state index >= 15 is 0 Å². The van der Waals surface area contributed by atoms with E-state index in [1.807, 2.05) is 0 Å². The lowest BCUT2D eigenvalue weighted by Gasteiger charge is -2.21. The largest absolute Gasteiger partial charge is 0.468 e. The SMILES string of the molecule is C=NNN=NCC(C)(NCl)C(=O)OC. The smallest absolute Gasteiger partial charge is 0.328 e. The molecule has 0 aliphatic rings. The second kappa shape index (κ2) is 6.28. The van der Waals surface area contributed by atoms with Crippen LogP contribution in [0.3, 0.4) is 0 Å². The molecule has 0 aromatic carbocycles. The lowest BCUT2D eigenvalue weighted by atomic mass is 10.1. The van der Waals surface area contributed by atoms with Crippen LogP contribution in [0.4, 0.5) is 0 Å². The predicted molar refractivity (Wildman–Crippen MR) is 51.8 cm³/mol. The van der Waals surface area contributed by atoms with Gasteiger partial charge in [-0.05, 0) is 18.7 Å². The van der Waals surface area contributed by atoms with Gasteiger partial charge in [-0.2, -0.15) is 15.8 Å². The summed E-state index contributed by atoms with van der Waals surface area (Å²) in [6.45, 7) is 4.67. The number of halogens is 1. The maximum Gasteiger partial charge on any atom is 0.328 e. The first-order chi connectivity index (χ1) is 6.60. The van der Waals surface area contributed by atoms with Crippen LogP contribution >= 0.6 is 11.8 Å². The number of nitrogens with zero attached hydrogens (tertiary/aromatic N) is 3. The van der Waals surface area contributed by atoms with E-state index in [2.05, 4.69) is 37.3 Å². The molecule has 2 N–H and O–H groups in total. The molecule has 0 saturated heterocycles. The van der Waals surface area contributed by atoms with E-state index in [9.17, 15) is 4.79 Å². The van der Waals surface area contributed by atoms with Crippen molar-refractivity contribution in [3.8, 4) is 0 Å². The molecule has 0 rings (SSSR count). The summed E-state index contributed by atoms with van der Waals surface area (Å²) in [5.41, 5.74) is 1.04. The van der Waals surface area contributed by atoms with E-state index in [0.717, 1.165) is 0 Å². The standard InChI is InChI=1S/C6H12ClN5O2/c1-6(10-7,5(13)14-3)4-9-12-11-8-2/h10H,2,4H2,1,3H3,(H,9,11). The van der Waals surface area contributed by atoms with Crippen LogP contribution < -0.4 is 10.4 Å². The first kappa shape index (κ1) is 12.8. The van der Waals surface area contributed by atoms with Crippen LogP contribution in [0.5, 0.6) is 0 Å². The number of nitrogens with one attached hydrogen (secondary N) is 2. The Morgan fingerprint density at radius 1 is 1.71 bits per heavy atom. The summed E-state index contributed by atoms with van der Waals surface area (Å²) in [7, 11) is 1.26. The van der Waals surface area contributed by atoms with Crippen LogP contribution in [0, 0.1) is 0 Å². The number of ether oxygens (including phenoxy) is 1. The fourth-order valence-electron chi connectivity index (χ4n) is 0.598. The number of methoxy groups -OCH3 is 1. The molecule has 8 heteroatoms. The Balaban J connectivity index is 4.25. The van der Waals surface area contributed by atoms with Gasteiger partial charge in [-0.3, -0.25) is 0 Å². The monoisotopic (exact) mass is 221 g/mol. The second-order valence-corrected chi connectivity index (χ2v) is 2.76. The summed E-state index contributed by atoms with van der Waals surface area (Å²) in [5.74, 6) is -0.530. The number of hydrogen-bond acceptors (Lipinski definition) is 6. The molecule has 1 unspecified atom stereocenters. The average molecular weight is 222 g/mol. The van der Waals surface area contributed by atoms with Gasteiger partial charge in [-0.1, -0.05) is 5.22 Å². The maximum absolute atomic E-state index is 11.2. The molecular formula is C6H12ClN5O2. The molecule has 0 heterocycles. The summed E-state index contributed by atoms with van der Waals surface area (Å²) < 4.78 is 4.52. The van der Waals surface area contributed by atoms with E-state index in [4.69, 9.17) is 11.8 Å². The second-order valence-electron chi connectivity index (χ2n) is 2.58. The van der Waals surface area contributed by atoms with E-state index in [1.165, 1.54) is 14.0 Å². The highest BCUT2D eigenvalue weighted by atomic mass is 35.5. The van der Waals surface area contributed by atoms with Gasteiger partial charge in [0.25, 0.3) is 0 Å². The van der Waals surface area contributed by atoms with Crippen LogP contribution in [0.1, 0.15) is 6.92 Å². The summed E-state index contributed by atoms with van der Waals surface area (Å²) in [6.07, 6.45) is 0. The first-order valence-corrected chi connectivity index (χ1v) is 4.02. The van der Waals surface area contributed by atoms with Crippen molar-refractivity contribution in [2.24, 2.45) is 15.4 Å². The predicted octanol–water partition coefficient (Wildman–Crippen LogP) is 0.234. The molecule has 14 heavy (non-hydrogen) atoms. The van der Waals surface area contributed by atoms with Crippen molar-refractivity contribution in [2.75, 3.05) is 13.7 Å². The Labute approximate surface area is 86.6 Å². The molecule has 0 aromatic rings. The third-order valence-corrected chi connectivity index (χ3v) is 1.83. The minimum absolute atomic E-state index is 0.0195. The minimum Gasteiger partial charge on any atom is -0.468 e. The van der Waals surface area contributed by atoms with Gasteiger partial charge >= 0.3 is 5.97 Å². The summed E-state index contributed by atoms with van der Waals surface area (Å²) >= 11 is 5.39. The van der Waals surface area contributed by atoms with Crippen molar-refractivity contribution in [1.82, 2.24) is 10.4 Å². The van der Waals surface area contributed by atoms with Crippen LogP contribution in [0.25, 0.3) is 0 Å². The summed E-state index contributed by atoms with van der Waals surface area (Å²) in [5, 5.41) is 10.2. The third-order valence-electron chi connectivity index (χ3n) is 1.42. The molecule has 0 amide bonds. The van der Waals surface area contributed by atoms with E-state index in [0.29, 0.717) is 0 Å². The van der Waals surface area contributed by atoms with Gasteiger partial charge in [0.1, 0.15) is 5.54 Å². The van der Waals surface area contributed by atoms with Crippen molar-refractivity contribution >= 4 is 24.5 Å². The van der Waals surface area contributed by atoms with Gasteiger partial charge in [0.2, 0.25) is 0 Å². The number of carbonyl (C=O) groups is 1. The Bertz CT molecular complexity index is 234. The van der Waals surface area contributed by atoms with Gasteiger partial charge in [0.05, 0.1) is 13.7 Å². The molecule has 80 valence electrons. The van der Waals surface area contributed by atoms with Gasteiger partial charge in [-0.25, -0.2) is 9.63 Å². The maximum atomic E-state index is 11.2. The molecule has 0 aliphatic carbocycles. The fourth-order valence-corrected chi connectivity index (χ4v) is 0.735. The number of rotatable bonds is 6. The molecule has 0 spiro atoms. The lowest BCUT2D eigenvalue weighted by molar-refractivity contribution is -0.146. The molecule has 0 saturated carbocycles. The minimum atomic E-state index is -1.11. The molecule has 0 bridgehead atoms. The number of hydrazone groups is 1. The fraction of sp³-hybridized carbons (Fsp3) is 0.667. The van der Waals surface area contributed by atoms with Crippen LogP contribution in [0.2, 0.25) is 0 Å². The van der Waals surface area contributed by atoms with Crippen LogP contribution in [-0.4, -0.2) is 31.9 Å². The zero-order valence-electron chi connectivity index (χ0n) is 7.95. The van der Waals surface area contributed by atoms with Gasteiger partial charge in [-0.15, -0.1) is 0 Å². The lowest BCUT2D eigenvalue weighted by Crippen LogP contribution is -2.48. The van der Waals surface area contributed by atoms with E-state index in [1.54, 1.807) is 0 Å². The Morgan fingerprint density at radius 3 is 2.79 bits per heavy atom. The topological polar surface area (TPSA) is 87.4 Å². The highest BCUT2D eigenvalue weighted by Gasteiger charge is 2.33. The van der Waals surface area contributed by atoms with Crippen molar-refractivity contribution in [3.63, 3.8) is 0 Å². The molecular weight excluding hydrogens is 210 g/mol. The van der Waals surface area contributed by atoms with E-state index < -0.39 is 11.5 Å². The molecule has 0 aliphatic heterocycles. The molecule has 7 nitrogen and oxygen atoms in total. The highest BCUT2D eigenvalue weighted by Crippen LogP contribution is 2.08. The van der Waals surface area contributed by atoms with Crippen molar-refractivity contribution < 1.29 is 9.53 Å². The molecule has 0 radical (unpaired) electrons. The number of esters is 1. The van der Waals surface area contributed by atoms with Gasteiger partial charge in [0, 0.05) is 6.72 Å². The van der Waals surface area contributed by atoms with Gasteiger partial charge in [0.15, 0.2) is 0 Å². The molecule has 1 atom stereocenters. The molecule has 0 fully saturated rings. The number of hydrogen-bond donors (Lipinski definition) is 2. The Hall–Kier alpha value is -1.21. The molecule has 0 aromatic heterocycles. The van der Waals surface area contributed by atoms with Crippen LogP contribution in [0.15, 0.2) is 15.4 Å². The Kier molecular flexibility index (Phi) is 5.73. The first-order valence-electron chi connectivity index (χ1n) is 3.64. The Morgan fingerprint density at radius 2 is 2.36 bits per heavy atom. The summed E-state index contributed by atoms with van der Waals surface area (Å²) in [6, 6.07) is 0. The van der Waals surface area contributed by atoms with Crippen molar-refractivity contribution in [2.45, 2.75) is 12.5 Å².